The quantitative estimate of drug-likeness (QED) is 0.672. The Labute approximate surface area is 140 Å². The van der Waals surface area contributed by atoms with Crippen molar-refractivity contribution in [2.24, 2.45) is 0 Å². The zero-order valence-corrected chi connectivity index (χ0v) is 13.4. The van der Waals surface area contributed by atoms with Gasteiger partial charge in [-0.05, 0) is 31.4 Å². The number of aliphatic carboxylic acids is 1. The number of benzene rings is 1. The minimum atomic E-state index is -0.934. The Bertz CT molecular complexity index is 596. The van der Waals surface area contributed by atoms with E-state index < -0.39 is 5.97 Å². The van der Waals surface area contributed by atoms with Gasteiger partial charge in [-0.3, -0.25) is 14.4 Å². The smallest absolute Gasteiger partial charge is 0.303 e. The lowest BCUT2D eigenvalue weighted by atomic mass is 10.1. The molecule has 7 heteroatoms. The van der Waals surface area contributed by atoms with E-state index in [1.165, 1.54) is 0 Å². The van der Waals surface area contributed by atoms with Crippen molar-refractivity contribution in [2.45, 2.75) is 38.2 Å². The number of carbonyl (C=O) groups excluding carboxylic acids is 2. The van der Waals surface area contributed by atoms with Crippen LogP contribution in [0.3, 0.4) is 0 Å². The second kappa shape index (κ2) is 9.02. The number of para-hydroxylation sites is 1. The molecule has 0 aromatic heterocycles. The topological polar surface area (TPSA) is 105 Å². The molecule has 1 aliphatic rings. The average molecular weight is 334 g/mol. The van der Waals surface area contributed by atoms with E-state index in [0.29, 0.717) is 17.8 Å². The second-order valence-corrected chi connectivity index (χ2v) is 5.69. The van der Waals surface area contributed by atoms with E-state index in [4.69, 9.17) is 9.84 Å². The molecule has 0 aliphatic carbocycles. The lowest BCUT2D eigenvalue weighted by Gasteiger charge is -2.13. The van der Waals surface area contributed by atoms with Crippen molar-refractivity contribution in [1.82, 2.24) is 5.32 Å². The van der Waals surface area contributed by atoms with Crippen molar-refractivity contribution >= 4 is 23.5 Å². The van der Waals surface area contributed by atoms with Gasteiger partial charge in [-0.2, -0.15) is 0 Å². The molecule has 0 radical (unpaired) electrons. The minimum absolute atomic E-state index is 0.0479. The number of nitrogens with one attached hydrogen (secondary N) is 2. The van der Waals surface area contributed by atoms with Gasteiger partial charge in [-0.15, -0.1) is 0 Å². The van der Waals surface area contributed by atoms with Crippen molar-refractivity contribution in [3.63, 3.8) is 0 Å². The van der Waals surface area contributed by atoms with Gasteiger partial charge in [0.2, 0.25) is 5.91 Å². The van der Waals surface area contributed by atoms with Crippen LogP contribution in [0, 0.1) is 0 Å². The Morgan fingerprint density at radius 2 is 2.00 bits per heavy atom. The monoisotopic (exact) mass is 334 g/mol. The van der Waals surface area contributed by atoms with Gasteiger partial charge < -0.3 is 20.5 Å². The predicted octanol–water partition coefficient (Wildman–Crippen LogP) is 1.79. The van der Waals surface area contributed by atoms with Crippen molar-refractivity contribution in [3.8, 4) is 0 Å². The molecule has 0 bridgehead atoms. The Kier molecular flexibility index (Phi) is 6.74. The number of hydrogen-bond acceptors (Lipinski definition) is 4. The highest BCUT2D eigenvalue weighted by atomic mass is 16.5. The summed E-state index contributed by atoms with van der Waals surface area (Å²) in [7, 11) is 0. The molecular formula is C17H22N2O5. The molecule has 1 aliphatic heterocycles. The van der Waals surface area contributed by atoms with E-state index in [1.807, 2.05) is 0 Å². The first kappa shape index (κ1) is 17.9. The molecular weight excluding hydrogens is 312 g/mol. The van der Waals surface area contributed by atoms with Gasteiger partial charge in [0.05, 0.1) is 17.4 Å². The van der Waals surface area contributed by atoms with Gasteiger partial charge in [-0.25, -0.2) is 0 Å². The minimum Gasteiger partial charge on any atom is -0.481 e. The third-order valence-electron chi connectivity index (χ3n) is 3.75. The highest BCUT2D eigenvalue weighted by molar-refractivity contribution is 6.03. The maximum Gasteiger partial charge on any atom is 0.303 e. The van der Waals surface area contributed by atoms with Crippen LogP contribution in [0.5, 0.6) is 0 Å². The van der Waals surface area contributed by atoms with Crippen LogP contribution in [-0.2, 0) is 14.3 Å². The zero-order chi connectivity index (χ0) is 17.4. The fourth-order valence-corrected chi connectivity index (χ4v) is 2.51. The summed E-state index contributed by atoms with van der Waals surface area (Å²) >= 11 is 0. The van der Waals surface area contributed by atoms with Crippen molar-refractivity contribution < 1.29 is 24.2 Å². The standard InChI is InChI=1S/C17H22N2O5/c20-15(8-3-9-16(21)22)19-14-7-2-1-6-13(14)17(23)18-11-12-5-4-10-24-12/h1-2,6-7,12H,3-5,8-11H2,(H,18,23)(H,19,20)(H,21,22). The summed E-state index contributed by atoms with van der Waals surface area (Å²) in [5.74, 6) is -1.51. The van der Waals surface area contributed by atoms with Crippen LogP contribution in [0.15, 0.2) is 24.3 Å². The van der Waals surface area contributed by atoms with Crippen LogP contribution in [0.25, 0.3) is 0 Å². The molecule has 2 amide bonds. The van der Waals surface area contributed by atoms with Gasteiger partial charge in [0.25, 0.3) is 5.91 Å². The highest BCUT2D eigenvalue weighted by Gasteiger charge is 2.18. The summed E-state index contributed by atoms with van der Waals surface area (Å²) in [6, 6.07) is 6.73. The molecule has 1 unspecified atom stereocenters. The highest BCUT2D eigenvalue weighted by Crippen LogP contribution is 2.16. The SMILES string of the molecule is O=C(O)CCCC(=O)Nc1ccccc1C(=O)NCC1CCCO1. The van der Waals surface area contributed by atoms with Crippen molar-refractivity contribution in [1.29, 1.82) is 0 Å². The van der Waals surface area contributed by atoms with Gasteiger partial charge >= 0.3 is 5.97 Å². The molecule has 1 aromatic rings. The summed E-state index contributed by atoms with van der Waals surface area (Å²) < 4.78 is 5.47. The Morgan fingerprint density at radius 1 is 1.21 bits per heavy atom. The van der Waals surface area contributed by atoms with Gasteiger partial charge in [0, 0.05) is 26.0 Å². The van der Waals surface area contributed by atoms with E-state index in [-0.39, 0.29) is 37.2 Å². The Balaban J connectivity index is 1.89. The molecule has 1 heterocycles. The molecule has 1 atom stereocenters. The fourth-order valence-electron chi connectivity index (χ4n) is 2.51. The number of carboxylic acid groups (broad SMARTS) is 1. The largest absolute Gasteiger partial charge is 0.481 e. The van der Waals surface area contributed by atoms with Crippen molar-refractivity contribution in [2.75, 3.05) is 18.5 Å². The van der Waals surface area contributed by atoms with Crippen LogP contribution >= 0.6 is 0 Å². The molecule has 3 N–H and O–H groups in total. The third kappa shape index (κ3) is 5.66. The molecule has 0 saturated carbocycles. The predicted molar refractivity (Wildman–Crippen MR) is 87.9 cm³/mol. The normalized spacial score (nSPS) is 16.6. The first-order valence-electron chi connectivity index (χ1n) is 8.06. The summed E-state index contributed by atoms with van der Waals surface area (Å²) in [6.07, 6.45) is 2.28. The molecule has 130 valence electrons. The lowest BCUT2D eigenvalue weighted by Crippen LogP contribution is -2.32. The number of amides is 2. The van der Waals surface area contributed by atoms with E-state index in [9.17, 15) is 14.4 Å². The van der Waals surface area contributed by atoms with E-state index >= 15 is 0 Å². The first-order chi connectivity index (χ1) is 11.6. The Morgan fingerprint density at radius 3 is 2.71 bits per heavy atom. The third-order valence-corrected chi connectivity index (χ3v) is 3.75. The molecule has 7 nitrogen and oxygen atoms in total. The Hall–Kier alpha value is -2.41. The second-order valence-electron chi connectivity index (χ2n) is 5.69. The van der Waals surface area contributed by atoms with Crippen LogP contribution in [0.4, 0.5) is 5.69 Å². The molecule has 0 spiro atoms. The summed E-state index contributed by atoms with van der Waals surface area (Å²) in [5, 5.41) is 14.1. The van der Waals surface area contributed by atoms with E-state index in [0.717, 1.165) is 19.4 Å². The number of carboxylic acids is 1. The number of ether oxygens (including phenoxy) is 1. The van der Waals surface area contributed by atoms with Crippen LogP contribution in [0.2, 0.25) is 0 Å². The van der Waals surface area contributed by atoms with Gasteiger partial charge in [-0.1, -0.05) is 12.1 Å². The molecule has 1 fully saturated rings. The summed E-state index contributed by atoms with van der Waals surface area (Å²) in [6.45, 7) is 1.17. The van der Waals surface area contributed by atoms with E-state index in [2.05, 4.69) is 10.6 Å². The lowest BCUT2D eigenvalue weighted by molar-refractivity contribution is -0.137. The van der Waals surface area contributed by atoms with E-state index in [1.54, 1.807) is 24.3 Å². The number of rotatable bonds is 8. The van der Waals surface area contributed by atoms with Crippen LogP contribution in [0.1, 0.15) is 42.5 Å². The maximum atomic E-state index is 12.3. The van der Waals surface area contributed by atoms with Gasteiger partial charge in [0.1, 0.15) is 0 Å². The maximum absolute atomic E-state index is 12.3. The molecule has 1 aromatic carbocycles. The van der Waals surface area contributed by atoms with Crippen molar-refractivity contribution in [3.05, 3.63) is 29.8 Å². The van der Waals surface area contributed by atoms with Crippen LogP contribution in [-0.4, -0.2) is 42.1 Å². The number of carbonyl (C=O) groups is 3. The fraction of sp³-hybridized carbons (Fsp3) is 0.471. The van der Waals surface area contributed by atoms with Crippen LogP contribution < -0.4 is 10.6 Å². The number of anilines is 1. The summed E-state index contributed by atoms with van der Waals surface area (Å²) in [4.78, 5) is 34.7. The average Bonchev–Trinajstić information content (AvgIpc) is 3.06. The molecule has 2 rings (SSSR count). The molecule has 24 heavy (non-hydrogen) atoms. The molecule has 1 saturated heterocycles. The number of hydrogen-bond donors (Lipinski definition) is 3. The summed E-state index contributed by atoms with van der Waals surface area (Å²) in [5.41, 5.74) is 0.796. The zero-order valence-electron chi connectivity index (χ0n) is 13.4. The van der Waals surface area contributed by atoms with Gasteiger partial charge in [0.15, 0.2) is 0 Å². The first-order valence-corrected chi connectivity index (χ1v) is 8.06.